The maximum absolute atomic E-state index is 12.5. The van der Waals surface area contributed by atoms with Gasteiger partial charge in [0.2, 0.25) is 0 Å². The lowest BCUT2D eigenvalue weighted by atomic mass is 10.3. The first-order valence-electron chi connectivity index (χ1n) is 4.59. The first-order chi connectivity index (χ1) is 6.69. The van der Waals surface area contributed by atoms with Crippen molar-refractivity contribution in [3.8, 4) is 0 Å². The van der Waals surface area contributed by atoms with E-state index in [9.17, 15) is 9.18 Å². The number of carbonyl (C=O) groups excluding carboxylic acids is 1. The molecule has 3 nitrogen and oxygen atoms in total. The Balaban J connectivity index is 2.83. The van der Waals surface area contributed by atoms with Crippen LogP contribution in [0, 0.1) is 5.82 Å². The molecule has 1 heterocycles. The van der Waals surface area contributed by atoms with E-state index in [-0.39, 0.29) is 11.6 Å². The van der Waals surface area contributed by atoms with Crippen LogP contribution in [0.4, 0.5) is 4.39 Å². The molecule has 0 aromatic carbocycles. The fraction of sp³-hybridized carbons (Fsp3) is 0.400. The van der Waals surface area contributed by atoms with Crippen molar-refractivity contribution >= 4 is 5.91 Å². The number of carbonyl (C=O) groups is 1. The van der Waals surface area contributed by atoms with E-state index in [1.54, 1.807) is 4.90 Å². The van der Waals surface area contributed by atoms with Crippen LogP contribution >= 0.6 is 0 Å². The summed E-state index contributed by atoms with van der Waals surface area (Å²) in [5.41, 5.74) is 0.287. The molecule has 0 unspecified atom stereocenters. The van der Waals surface area contributed by atoms with E-state index in [2.05, 4.69) is 4.98 Å². The Kier molecular flexibility index (Phi) is 3.56. The van der Waals surface area contributed by atoms with E-state index in [0.717, 1.165) is 6.20 Å². The zero-order chi connectivity index (χ0) is 10.6. The SMILES string of the molecule is CCN(CC)C(=O)c1ccc(F)cn1. The lowest BCUT2D eigenvalue weighted by Crippen LogP contribution is -2.31. The summed E-state index contributed by atoms with van der Waals surface area (Å²) < 4.78 is 12.5. The largest absolute Gasteiger partial charge is 0.338 e. The first kappa shape index (κ1) is 10.6. The molecule has 0 N–H and O–H groups in total. The van der Waals surface area contributed by atoms with Crippen molar-refractivity contribution in [2.75, 3.05) is 13.1 Å². The minimum absolute atomic E-state index is 0.157. The summed E-state index contributed by atoms with van der Waals surface area (Å²) in [5, 5.41) is 0. The van der Waals surface area contributed by atoms with Gasteiger partial charge in [0.1, 0.15) is 11.5 Å². The fourth-order valence-electron chi connectivity index (χ4n) is 1.18. The number of halogens is 1. The van der Waals surface area contributed by atoms with Gasteiger partial charge in [0.15, 0.2) is 0 Å². The number of rotatable bonds is 3. The number of nitrogens with zero attached hydrogens (tertiary/aromatic N) is 2. The van der Waals surface area contributed by atoms with E-state index >= 15 is 0 Å². The summed E-state index contributed by atoms with van der Waals surface area (Å²) in [5.74, 6) is -0.587. The van der Waals surface area contributed by atoms with Crippen molar-refractivity contribution in [3.63, 3.8) is 0 Å². The molecule has 0 saturated heterocycles. The van der Waals surface area contributed by atoms with Crippen molar-refractivity contribution in [2.24, 2.45) is 0 Å². The Labute approximate surface area is 82.6 Å². The molecule has 0 saturated carbocycles. The number of hydrogen-bond donors (Lipinski definition) is 0. The van der Waals surface area contributed by atoms with E-state index < -0.39 is 5.82 Å². The maximum atomic E-state index is 12.5. The van der Waals surface area contributed by atoms with Crippen LogP contribution in [0.25, 0.3) is 0 Å². The van der Waals surface area contributed by atoms with E-state index in [4.69, 9.17) is 0 Å². The third kappa shape index (κ3) is 2.28. The summed E-state index contributed by atoms with van der Waals surface area (Å²) in [6.45, 7) is 5.05. The molecule has 1 amide bonds. The summed E-state index contributed by atoms with van der Waals surface area (Å²) >= 11 is 0. The second kappa shape index (κ2) is 4.69. The topological polar surface area (TPSA) is 33.2 Å². The number of hydrogen-bond acceptors (Lipinski definition) is 2. The molecule has 0 radical (unpaired) electrons. The minimum Gasteiger partial charge on any atom is -0.338 e. The zero-order valence-corrected chi connectivity index (χ0v) is 8.33. The molecular formula is C10H13FN2O. The molecule has 1 aromatic rings. The van der Waals surface area contributed by atoms with Crippen LogP contribution in [0.1, 0.15) is 24.3 Å². The van der Waals surface area contributed by atoms with Gasteiger partial charge in [0.05, 0.1) is 6.20 Å². The standard InChI is InChI=1S/C10H13FN2O/c1-3-13(4-2)10(14)9-6-5-8(11)7-12-9/h5-7H,3-4H2,1-2H3. The van der Waals surface area contributed by atoms with Gasteiger partial charge < -0.3 is 4.90 Å². The van der Waals surface area contributed by atoms with Crippen molar-refractivity contribution in [3.05, 3.63) is 29.8 Å². The quantitative estimate of drug-likeness (QED) is 0.737. The molecule has 0 bridgehead atoms. The highest BCUT2D eigenvalue weighted by Crippen LogP contribution is 2.02. The van der Waals surface area contributed by atoms with Gasteiger partial charge in [-0.1, -0.05) is 0 Å². The average Bonchev–Trinajstić information content (AvgIpc) is 2.20. The van der Waals surface area contributed by atoms with Crippen LogP contribution < -0.4 is 0 Å². The third-order valence-electron chi connectivity index (χ3n) is 2.00. The van der Waals surface area contributed by atoms with Gasteiger partial charge in [-0.15, -0.1) is 0 Å². The lowest BCUT2D eigenvalue weighted by molar-refractivity contribution is 0.0767. The molecular weight excluding hydrogens is 183 g/mol. The van der Waals surface area contributed by atoms with Gasteiger partial charge in [0.25, 0.3) is 5.91 Å². The van der Waals surface area contributed by atoms with E-state index in [1.807, 2.05) is 13.8 Å². The molecule has 14 heavy (non-hydrogen) atoms. The summed E-state index contributed by atoms with van der Waals surface area (Å²) in [6.07, 6.45) is 1.05. The summed E-state index contributed by atoms with van der Waals surface area (Å²) in [4.78, 5) is 17.0. The van der Waals surface area contributed by atoms with Gasteiger partial charge in [-0.05, 0) is 26.0 Å². The van der Waals surface area contributed by atoms with Crippen LogP contribution in [0.5, 0.6) is 0 Å². The smallest absolute Gasteiger partial charge is 0.272 e. The third-order valence-corrected chi connectivity index (χ3v) is 2.00. The molecule has 4 heteroatoms. The predicted octanol–water partition coefficient (Wildman–Crippen LogP) is 1.70. The van der Waals surface area contributed by atoms with Crippen LogP contribution in [0.3, 0.4) is 0 Å². The van der Waals surface area contributed by atoms with Crippen LogP contribution in [0.2, 0.25) is 0 Å². The molecule has 0 aliphatic carbocycles. The molecule has 0 aliphatic heterocycles. The molecule has 1 aromatic heterocycles. The summed E-state index contributed by atoms with van der Waals surface area (Å²) in [6, 6.07) is 2.64. The Morgan fingerprint density at radius 2 is 2.07 bits per heavy atom. The monoisotopic (exact) mass is 196 g/mol. The molecule has 0 spiro atoms. The molecule has 0 atom stereocenters. The zero-order valence-electron chi connectivity index (χ0n) is 8.33. The molecule has 0 fully saturated rings. The minimum atomic E-state index is -0.430. The highest BCUT2D eigenvalue weighted by Gasteiger charge is 2.12. The predicted molar refractivity (Wildman–Crippen MR) is 51.4 cm³/mol. The van der Waals surface area contributed by atoms with E-state index in [1.165, 1.54) is 12.1 Å². The fourth-order valence-corrected chi connectivity index (χ4v) is 1.18. The van der Waals surface area contributed by atoms with Gasteiger partial charge >= 0.3 is 0 Å². The van der Waals surface area contributed by atoms with Crippen molar-refractivity contribution in [2.45, 2.75) is 13.8 Å². The molecule has 0 aliphatic rings. The van der Waals surface area contributed by atoms with Gasteiger partial charge in [-0.3, -0.25) is 4.79 Å². The highest BCUT2D eigenvalue weighted by molar-refractivity contribution is 5.92. The van der Waals surface area contributed by atoms with Crippen LogP contribution in [-0.4, -0.2) is 28.9 Å². The summed E-state index contributed by atoms with van der Waals surface area (Å²) in [7, 11) is 0. The first-order valence-corrected chi connectivity index (χ1v) is 4.59. The molecule has 76 valence electrons. The van der Waals surface area contributed by atoms with Crippen molar-refractivity contribution in [1.82, 2.24) is 9.88 Å². The normalized spacial score (nSPS) is 9.93. The van der Waals surface area contributed by atoms with Crippen molar-refractivity contribution in [1.29, 1.82) is 0 Å². The Morgan fingerprint density at radius 3 is 2.50 bits per heavy atom. The van der Waals surface area contributed by atoms with Gasteiger partial charge in [-0.2, -0.15) is 0 Å². The van der Waals surface area contributed by atoms with Crippen LogP contribution in [0.15, 0.2) is 18.3 Å². The Bertz CT molecular complexity index is 306. The van der Waals surface area contributed by atoms with Crippen molar-refractivity contribution < 1.29 is 9.18 Å². The van der Waals surface area contributed by atoms with Crippen LogP contribution in [-0.2, 0) is 0 Å². The molecule has 1 rings (SSSR count). The second-order valence-electron chi connectivity index (χ2n) is 2.84. The number of pyridine rings is 1. The Morgan fingerprint density at radius 1 is 1.43 bits per heavy atom. The Hall–Kier alpha value is -1.45. The number of amides is 1. The van der Waals surface area contributed by atoms with Gasteiger partial charge in [0, 0.05) is 13.1 Å². The average molecular weight is 196 g/mol. The second-order valence-corrected chi connectivity index (χ2v) is 2.84. The highest BCUT2D eigenvalue weighted by atomic mass is 19.1. The maximum Gasteiger partial charge on any atom is 0.272 e. The number of aromatic nitrogens is 1. The van der Waals surface area contributed by atoms with Gasteiger partial charge in [-0.25, -0.2) is 9.37 Å². The van der Waals surface area contributed by atoms with E-state index in [0.29, 0.717) is 13.1 Å². The lowest BCUT2D eigenvalue weighted by Gasteiger charge is -2.17.